The molecule has 0 aromatic rings. The van der Waals surface area contributed by atoms with Gasteiger partial charge in [-0.2, -0.15) is 0 Å². The highest BCUT2D eigenvalue weighted by molar-refractivity contribution is 6.20. The number of hydrogen-bond donors (Lipinski definition) is 1. The Hall–Kier alpha value is -2.04. The van der Waals surface area contributed by atoms with E-state index in [2.05, 4.69) is 27.1 Å². The van der Waals surface area contributed by atoms with Crippen molar-refractivity contribution in [1.29, 1.82) is 0 Å². The van der Waals surface area contributed by atoms with E-state index in [-0.39, 0.29) is 47.8 Å². The Morgan fingerprint density at radius 3 is 2.42 bits per heavy atom. The molecule has 43 heavy (non-hydrogen) atoms. The molecular formula is C33H50FN5O4. The van der Waals surface area contributed by atoms with E-state index in [4.69, 9.17) is 4.74 Å². The molecule has 7 aliphatic rings. The molecule has 6 fully saturated rings. The smallest absolute Gasteiger partial charge is 0.256 e. The summed E-state index contributed by atoms with van der Waals surface area (Å²) in [7, 11) is 2.13. The predicted molar refractivity (Wildman–Crippen MR) is 160 cm³/mol. The number of ketones is 1. The minimum Gasteiger partial charge on any atom is -0.369 e. The van der Waals surface area contributed by atoms with Gasteiger partial charge in [0.2, 0.25) is 5.91 Å². The van der Waals surface area contributed by atoms with Gasteiger partial charge in [0.15, 0.2) is 5.78 Å². The number of amides is 2. The summed E-state index contributed by atoms with van der Waals surface area (Å²) in [5, 5.41) is 3.06. The van der Waals surface area contributed by atoms with Crippen LogP contribution < -0.4 is 5.32 Å². The van der Waals surface area contributed by atoms with Crippen molar-refractivity contribution in [3.63, 3.8) is 0 Å². The Morgan fingerprint density at radius 2 is 1.72 bits per heavy atom. The van der Waals surface area contributed by atoms with E-state index < -0.39 is 24.2 Å². The van der Waals surface area contributed by atoms with Crippen molar-refractivity contribution in [2.24, 2.45) is 17.8 Å². The van der Waals surface area contributed by atoms with Gasteiger partial charge in [0, 0.05) is 57.8 Å². The molecule has 0 radical (unpaired) electrons. The molecule has 10 unspecified atom stereocenters. The Labute approximate surface area is 255 Å². The first kappa shape index (κ1) is 29.7. The van der Waals surface area contributed by atoms with Crippen molar-refractivity contribution < 1.29 is 23.5 Å². The van der Waals surface area contributed by atoms with E-state index in [1.807, 2.05) is 11.1 Å². The molecule has 10 heteroatoms. The molecule has 0 aromatic heterocycles. The molecule has 7 rings (SSSR count). The van der Waals surface area contributed by atoms with Crippen molar-refractivity contribution >= 4 is 17.6 Å². The molecule has 0 spiro atoms. The zero-order valence-electron chi connectivity index (χ0n) is 26.0. The fourth-order valence-electron chi connectivity index (χ4n) is 9.99. The maximum atomic E-state index is 16.4. The number of rotatable bonds is 5. The lowest BCUT2D eigenvalue weighted by molar-refractivity contribution is -0.222. The predicted octanol–water partition coefficient (Wildman–Crippen LogP) is 2.35. The van der Waals surface area contributed by atoms with Crippen LogP contribution in [0.4, 0.5) is 4.39 Å². The number of piperazine rings is 1. The second-order valence-electron chi connectivity index (χ2n) is 14.5. The van der Waals surface area contributed by atoms with Crippen LogP contribution in [0.25, 0.3) is 0 Å². The molecule has 3 saturated heterocycles. The van der Waals surface area contributed by atoms with Crippen LogP contribution in [0, 0.1) is 17.8 Å². The number of morpholine rings is 1. The first-order chi connectivity index (χ1) is 20.8. The number of alkyl halides is 1. The molecule has 3 aliphatic carbocycles. The number of nitrogens with zero attached hydrogens (tertiary/aromatic N) is 4. The van der Waals surface area contributed by atoms with Crippen molar-refractivity contribution in [3.8, 4) is 0 Å². The number of ether oxygens (including phenoxy) is 1. The standard InChI is InChI=1S/C33H50FN5O4/c1-20(40)37-12-14-38(15-13-37)30-26(34)18-24-29-32(30)43-28-17-22-7-4-3-6-21(22)16-27(28)39(29)19-25(31(24)41)33(42)35-10-9-23-8-5-11-36(23)2/h19,21-24,26-30,32H,3-18H2,1-2H3,(H,35,42). The van der Waals surface area contributed by atoms with Crippen molar-refractivity contribution in [3.05, 3.63) is 11.8 Å². The highest BCUT2D eigenvalue weighted by Crippen LogP contribution is 2.50. The van der Waals surface area contributed by atoms with Gasteiger partial charge < -0.3 is 24.8 Å². The summed E-state index contributed by atoms with van der Waals surface area (Å²) in [6.07, 6.45) is 10.4. The molecule has 9 nitrogen and oxygen atoms in total. The van der Waals surface area contributed by atoms with E-state index in [1.165, 1.54) is 32.1 Å². The van der Waals surface area contributed by atoms with Gasteiger partial charge in [-0.25, -0.2) is 4.39 Å². The number of Topliss-reactive ketones (excluding diaryl/α,β-unsaturated/α-hetero) is 1. The molecule has 2 amide bonds. The van der Waals surface area contributed by atoms with Gasteiger partial charge >= 0.3 is 0 Å². The van der Waals surface area contributed by atoms with Crippen molar-refractivity contribution in [2.45, 2.75) is 114 Å². The number of fused-ring (bicyclic) bond motifs is 3. The average molecular weight is 600 g/mol. The van der Waals surface area contributed by atoms with Gasteiger partial charge in [-0.15, -0.1) is 0 Å². The normalized spacial score (nSPS) is 41.7. The fourth-order valence-corrected chi connectivity index (χ4v) is 9.99. The van der Waals surface area contributed by atoms with Crippen LogP contribution in [0.2, 0.25) is 0 Å². The number of halogens is 1. The van der Waals surface area contributed by atoms with E-state index >= 15 is 4.39 Å². The second kappa shape index (κ2) is 12.0. The van der Waals surface area contributed by atoms with Gasteiger partial charge in [-0.05, 0) is 64.0 Å². The quantitative estimate of drug-likeness (QED) is 0.486. The summed E-state index contributed by atoms with van der Waals surface area (Å²) in [5.41, 5.74) is 0.201. The lowest BCUT2D eigenvalue weighted by Gasteiger charge is -2.62. The molecule has 0 bridgehead atoms. The summed E-state index contributed by atoms with van der Waals surface area (Å²) in [4.78, 5) is 48.2. The molecule has 4 heterocycles. The first-order valence-electron chi connectivity index (χ1n) is 17.1. The summed E-state index contributed by atoms with van der Waals surface area (Å²) >= 11 is 0. The van der Waals surface area contributed by atoms with Gasteiger partial charge in [0.05, 0.1) is 35.9 Å². The number of carbonyl (C=O) groups is 3. The van der Waals surface area contributed by atoms with Crippen LogP contribution >= 0.6 is 0 Å². The van der Waals surface area contributed by atoms with Gasteiger partial charge in [0.1, 0.15) is 6.17 Å². The molecule has 1 N–H and O–H groups in total. The highest BCUT2D eigenvalue weighted by atomic mass is 19.1. The largest absolute Gasteiger partial charge is 0.369 e. The first-order valence-corrected chi connectivity index (χ1v) is 17.1. The maximum absolute atomic E-state index is 16.4. The number of carbonyl (C=O) groups excluding carboxylic acids is 3. The van der Waals surface area contributed by atoms with Crippen LogP contribution in [-0.4, -0.2) is 126 Å². The van der Waals surface area contributed by atoms with Crippen LogP contribution in [0.3, 0.4) is 0 Å². The molecule has 3 saturated carbocycles. The SMILES string of the molecule is CC(=O)N1CCN(C2C(F)CC3C(=O)C(C(=O)NCCC4CCCN4C)=CN4C5CC6CCCCC6CC5OC2C34)CC1. The van der Waals surface area contributed by atoms with Crippen molar-refractivity contribution in [2.75, 3.05) is 46.3 Å². The Morgan fingerprint density at radius 1 is 0.977 bits per heavy atom. The number of hydrogen-bond acceptors (Lipinski definition) is 7. The van der Waals surface area contributed by atoms with E-state index in [0.717, 1.165) is 32.2 Å². The van der Waals surface area contributed by atoms with E-state index in [9.17, 15) is 14.4 Å². The summed E-state index contributed by atoms with van der Waals surface area (Å²) in [6.45, 7) is 5.59. The highest BCUT2D eigenvalue weighted by Gasteiger charge is 2.60. The zero-order chi connectivity index (χ0) is 29.8. The maximum Gasteiger partial charge on any atom is 0.256 e. The third-order valence-corrected chi connectivity index (χ3v) is 12.3. The lowest BCUT2D eigenvalue weighted by Crippen LogP contribution is -2.74. The summed E-state index contributed by atoms with van der Waals surface area (Å²) in [6, 6.07) is -0.146. The second-order valence-corrected chi connectivity index (χ2v) is 14.5. The van der Waals surface area contributed by atoms with Crippen molar-refractivity contribution in [1.82, 2.24) is 24.9 Å². The van der Waals surface area contributed by atoms with Crippen LogP contribution in [-0.2, 0) is 19.1 Å². The lowest BCUT2D eigenvalue weighted by atomic mass is 9.64. The minimum atomic E-state index is -1.23. The van der Waals surface area contributed by atoms with Gasteiger partial charge in [-0.1, -0.05) is 25.7 Å². The molecule has 10 atom stereocenters. The van der Waals surface area contributed by atoms with Gasteiger partial charge in [0.25, 0.3) is 5.91 Å². The topological polar surface area (TPSA) is 85.4 Å². The Kier molecular flexibility index (Phi) is 8.31. The average Bonchev–Trinajstić information content (AvgIpc) is 3.41. The van der Waals surface area contributed by atoms with E-state index in [1.54, 1.807) is 6.92 Å². The van der Waals surface area contributed by atoms with Crippen LogP contribution in [0.5, 0.6) is 0 Å². The summed E-state index contributed by atoms with van der Waals surface area (Å²) < 4.78 is 23.3. The molecule has 238 valence electrons. The number of nitrogens with one attached hydrogen (secondary N) is 1. The number of likely N-dealkylation sites (tertiary alicyclic amines) is 1. The van der Waals surface area contributed by atoms with Gasteiger partial charge in [-0.3, -0.25) is 19.3 Å². The van der Waals surface area contributed by atoms with E-state index in [0.29, 0.717) is 50.6 Å². The zero-order valence-corrected chi connectivity index (χ0v) is 26.0. The third-order valence-electron chi connectivity index (χ3n) is 12.3. The molecule has 0 aromatic carbocycles. The molecule has 4 aliphatic heterocycles. The summed E-state index contributed by atoms with van der Waals surface area (Å²) in [5.74, 6) is 0.207. The minimum absolute atomic E-state index is 0.0285. The van der Waals surface area contributed by atoms with Crippen LogP contribution in [0.1, 0.15) is 71.1 Å². The fraction of sp³-hybridized carbons (Fsp3) is 0.848. The monoisotopic (exact) mass is 599 g/mol. The Bertz CT molecular complexity index is 1130. The Balaban J connectivity index is 1.15. The third kappa shape index (κ3) is 5.43. The van der Waals surface area contributed by atoms with Crippen LogP contribution in [0.15, 0.2) is 11.8 Å². The molecular weight excluding hydrogens is 549 g/mol.